The van der Waals surface area contributed by atoms with E-state index in [2.05, 4.69) is 63.9 Å². The van der Waals surface area contributed by atoms with Crippen molar-refractivity contribution in [3.05, 3.63) is 109 Å². The molecule has 2 aliphatic carbocycles. The first kappa shape index (κ1) is 124. The summed E-state index contributed by atoms with van der Waals surface area (Å²) in [6.07, 6.45) is 7.22. The van der Waals surface area contributed by atoms with Crippen molar-refractivity contribution in [1.82, 2.24) is 0 Å². The average Bonchev–Trinajstić information content (AvgIpc) is 1.56. The van der Waals surface area contributed by atoms with Gasteiger partial charge in [-0.2, -0.15) is 0 Å². The Morgan fingerprint density at radius 2 is 0.585 bits per heavy atom. The Balaban J connectivity index is 0.000000411. The highest BCUT2D eigenvalue weighted by Crippen LogP contribution is 2.55. The summed E-state index contributed by atoms with van der Waals surface area (Å²) in [6, 6.07) is 0. The van der Waals surface area contributed by atoms with E-state index in [9.17, 15) is 91.1 Å². The summed E-state index contributed by atoms with van der Waals surface area (Å²) in [6.45, 7) is 81.4. The number of ether oxygens (including phenoxy) is 19. The number of cyclic esters (lactones) is 8. The second kappa shape index (κ2) is 48.1. The smallest absolute Gasteiger partial charge is 0.344 e. The van der Waals surface area contributed by atoms with Crippen molar-refractivity contribution in [2.75, 3.05) is 46.2 Å². The zero-order chi connectivity index (χ0) is 110. The van der Waals surface area contributed by atoms with E-state index in [1.165, 1.54) is 6.92 Å². The highest BCUT2D eigenvalue weighted by Gasteiger charge is 2.68. The van der Waals surface area contributed by atoms with Gasteiger partial charge in [0, 0.05) is 50.2 Å². The third kappa shape index (κ3) is 28.6. The number of hydrogen-bond donors (Lipinski definition) is 0. The molecule has 38 nitrogen and oxygen atoms in total. The molecule has 0 aromatic heterocycles. The van der Waals surface area contributed by atoms with Crippen LogP contribution in [-0.2, 0) is 181 Å². The molecule has 17 atom stereocenters. The number of carbonyl (C=O) groups excluding carboxylic acids is 19. The van der Waals surface area contributed by atoms with E-state index < -0.39 is 192 Å². The second-order valence-electron chi connectivity index (χ2n) is 40.9. The Morgan fingerprint density at radius 1 is 0.282 bits per heavy atom. The molecule has 0 bridgehead atoms. The van der Waals surface area contributed by atoms with Crippen LogP contribution in [-0.4, -0.2) is 228 Å². The van der Waals surface area contributed by atoms with Crippen LogP contribution in [0.4, 0.5) is 0 Å². The van der Waals surface area contributed by atoms with Crippen molar-refractivity contribution in [2.45, 2.75) is 334 Å². The number of carbonyl (C=O) groups is 19. The summed E-state index contributed by atoms with van der Waals surface area (Å²) in [4.78, 5) is 217. The SMILES string of the molecule is C=C(C)C(=O)OC1(C)C(C)C(=O)OC12CCCC2.C=C(C)C(=O)OC1(C)C(C)OC(=O)C1(C)C.C=C(C)C(=O)OC1(C)C(C)OC(=O)C1C.C=C(C)C(=O)OC1(C)COC(=O)C1(C)C.C=C(C)C(=O)OC1(C)COC(=O)C12CCCCC2.C=C(C)C(=O)OC1(C)COC(=O)C1C.C=C(C)C(=O)OCC(=O)OC1(C)COC(=O)C1C.C=C(C)C(=O)O[C@]1(C)COC(=O)[C@@H]1C.C=C(C)C(=O)O[C@]1(C)COC(=O)[C@H]1C. The molecular formula is C104H148O38. The van der Waals surface area contributed by atoms with Gasteiger partial charge in [-0.05, 0) is 246 Å². The molecule has 9 aliphatic heterocycles. The Kier molecular flexibility index (Phi) is 41.9. The summed E-state index contributed by atoms with van der Waals surface area (Å²) in [5.41, 5.74) is -8.24. The molecule has 792 valence electrons. The minimum absolute atomic E-state index is 0.00712. The van der Waals surface area contributed by atoms with Crippen LogP contribution in [0.2, 0.25) is 0 Å². The number of rotatable bonds is 20. The van der Waals surface area contributed by atoms with Gasteiger partial charge in [-0.15, -0.1) is 0 Å². The van der Waals surface area contributed by atoms with E-state index in [-0.39, 0.29) is 93.0 Å². The molecule has 9 heterocycles. The minimum atomic E-state index is -1.01. The predicted octanol–water partition coefficient (Wildman–Crippen LogP) is 13.2. The van der Waals surface area contributed by atoms with Crippen molar-refractivity contribution in [3.63, 3.8) is 0 Å². The van der Waals surface area contributed by atoms with E-state index in [1.807, 2.05) is 13.8 Å². The average molecular weight is 2010 g/mol. The molecular weight excluding hydrogens is 1860 g/mol. The van der Waals surface area contributed by atoms with Crippen LogP contribution in [0.3, 0.4) is 0 Å². The molecule has 11 aliphatic rings. The fourth-order valence-electron chi connectivity index (χ4n) is 15.1. The highest BCUT2D eigenvalue weighted by atomic mass is 16.7. The fourth-order valence-corrected chi connectivity index (χ4v) is 15.1. The molecule has 0 radical (unpaired) electrons. The van der Waals surface area contributed by atoms with Crippen LogP contribution >= 0.6 is 0 Å². The number of esters is 19. The zero-order valence-corrected chi connectivity index (χ0v) is 88.3. The molecule has 0 aromatic rings. The van der Waals surface area contributed by atoms with Crippen LogP contribution in [0, 0.1) is 51.8 Å². The number of hydrogen-bond acceptors (Lipinski definition) is 38. The molecule has 0 aromatic carbocycles. The molecule has 13 unspecified atom stereocenters. The van der Waals surface area contributed by atoms with Gasteiger partial charge < -0.3 is 90.0 Å². The molecule has 2 saturated carbocycles. The van der Waals surface area contributed by atoms with E-state index in [0.29, 0.717) is 44.6 Å². The first-order valence-corrected chi connectivity index (χ1v) is 46.5. The van der Waals surface area contributed by atoms with E-state index in [4.69, 9.17) is 85.3 Å². The first-order chi connectivity index (χ1) is 64.7. The van der Waals surface area contributed by atoms with Crippen molar-refractivity contribution >= 4 is 113 Å². The van der Waals surface area contributed by atoms with Gasteiger partial charge in [-0.1, -0.05) is 78.5 Å². The van der Waals surface area contributed by atoms with Crippen molar-refractivity contribution in [2.24, 2.45) is 51.8 Å². The van der Waals surface area contributed by atoms with E-state index in [0.717, 1.165) is 57.8 Å². The molecule has 9 saturated heterocycles. The van der Waals surface area contributed by atoms with Gasteiger partial charge in [0.1, 0.15) is 68.1 Å². The molecule has 0 N–H and O–H groups in total. The van der Waals surface area contributed by atoms with Crippen LogP contribution < -0.4 is 0 Å². The Morgan fingerprint density at radius 3 is 0.887 bits per heavy atom. The lowest BCUT2D eigenvalue weighted by Gasteiger charge is -2.40. The van der Waals surface area contributed by atoms with Gasteiger partial charge in [0.05, 0.1) is 35.5 Å². The normalized spacial score (nSPS) is 30.9. The third-order valence-electron chi connectivity index (χ3n) is 28.2. The van der Waals surface area contributed by atoms with Gasteiger partial charge in [-0.3, -0.25) is 43.2 Å². The Hall–Kier alpha value is -12.4. The lowest BCUT2D eigenvalue weighted by Crippen LogP contribution is -2.53. The van der Waals surface area contributed by atoms with Crippen LogP contribution in [0.5, 0.6) is 0 Å². The maximum atomic E-state index is 12.1. The summed E-state index contributed by atoms with van der Waals surface area (Å²) in [7, 11) is 0. The van der Waals surface area contributed by atoms with Crippen LogP contribution in [0.25, 0.3) is 0 Å². The van der Waals surface area contributed by atoms with Crippen molar-refractivity contribution < 1.29 is 181 Å². The highest BCUT2D eigenvalue weighted by molar-refractivity contribution is 5.94. The summed E-state index contributed by atoms with van der Waals surface area (Å²) in [5, 5.41) is 0. The van der Waals surface area contributed by atoms with Crippen LogP contribution in [0.15, 0.2) is 109 Å². The van der Waals surface area contributed by atoms with Gasteiger partial charge in [-0.25, -0.2) is 47.9 Å². The first-order valence-electron chi connectivity index (χ1n) is 46.5. The molecule has 11 fully saturated rings. The monoisotopic (exact) mass is 2000 g/mol. The zero-order valence-electron chi connectivity index (χ0n) is 88.3. The second-order valence-corrected chi connectivity index (χ2v) is 40.9. The summed E-state index contributed by atoms with van der Waals surface area (Å²) >= 11 is 0. The summed E-state index contributed by atoms with van der Waals surface area (Å²) < 4.78 is 97.4. The molecule has 11 rings (SSSR count). The Labute approximate surface area is 831 Å². The fraction of sp³-hybridized carbons (Fsp3) is 0.644. The largest absolute Gasteiger partial charge is 0.461 e. The molecule has 2 spiro atoms. The molecule has 38 heteroatoms. The topological polar surface area (TPSA) is 500 Å². The quantitative estimate of drug-likeness (QED) is 0.0620. The van der Waals surface area contributed by atoms with Gasteiger partial charge in [0.25, 0.3) is 0 Å². The third-order valence-corrected chi connectivity index (χ3v) is 28.2. The minimum Gasteiger partial charge on any atom is -0.461 e. The van der Waals surface area contributed by atoms with Gasteiger partial charge in [0.15, 0.2) is 62.6 Å². The van der Waals surface area contributed by atoms with Crippen molar-refractivity contribution in [3.8, 4) is 0 Å². The standard InChI is InChI=1S/2C14H20O4.C12H16O6.C12H18O4.2C11H16O4.3C10H14O4/c1-9(2)11(15)17-13(4)10(3)12(16)18-14(13)7-5-6-8-14;1-10(2)11(15)18-13(3)9-17-12(16)14(13)7-5-4-6-8-14;1-7(2)10(14)16-5-9(13)18-12(4)6-17-11(15)8(12)3;1-7(2)9(13)16-12(6)8(3)15-10(14)11(12,4)5;1-7(2)8(12)15-11(5)6-14-9(13)10(11,3)4;1-6(2)9(12)15-11(5)7(3)10(13)14-8(11)4;3*1-6(2)8(11)14-10(4)5-13-9(12)7(10)3/h10H,1,5-8H2,2-4H3;1,4-9H2,2-3H3;8H,1,5-6H2,2-4H3;8H,1H2,2-6H3;1,6H2,2-5H3;7-8H,1H2,2-5H3;3*7H,1,5H2,2-4H3/t;;;;;;7-,10+;7-,10-;/m......01./s1. The van der Waals surface area contributed by atoms with E-state index in [1.54, 1.807) is 187 Å². The van der Waals surface area contributed by atoms with Gasteiger partial charge in [0.2, 0.25) is 0 Å². The maximum Gasteiger partial charge on any atom is 0.344 e. The maximum absolute atomic E-state index is 12.1. The lowest BCUT2D eigenvalue weighted by molar-refractivity contribution is -0.179. The van der Waals surface area contributed by atoms with E-state index >= 15 is 0 Å². The molecule has 142 heavy (non-hydrogen) atoms. The Bertz CT molecular complexity index is 4850. The van der Waals surface area contributed by atoms with Crippen molar-refractivity contribution in [1.29, 1.82) is 0 Å². The lowest BCUT2D eigenvalue weighted by atomic mass is 9.65. The molecule has 0 amide bonds. The van der Waals surface area contributed by atoms with Crippen LogP contribution in [0.1, 0.15) is 265 Å². The van der Waals surface area contributed by atoms with Gasteiger partial charge >= 0.3 is 113 Å². The predicted molar refractivity (Wildman–Crippen MR) is 507 cm³/mol. The summed E-state index contributed by atoms with van der Waals surface area (Å²) in [5.74, 6) is -10.8.